The van der Waals surface area contributed by atoms with E-state index in [9.17, 15) is 0 Å². The van der Waals surface area contributed by atoms with Crippen molar-refractivity contribution >= 4 is 24.8 Å². The SMILES string of the molecule is Cc1cc(-c2cnc(C)nc2)n(CC(C)(C)N)n1.Cl.Cl. The molecule has 0 spiro atoms. The number of halogens is 2. The number of aryl methyl sites for hydroxylation is 2. The third-order valence-electron chi connectivity index (χ3n) is 2.54. The van der Waals surface area contributed by atoms with Gasteiger partial charge in [-0.25, -0.2) is 9.97 Å². The maximum atomic E-state index is 6.06. The van der Waals surface area contributed by atoms with Crippen LogP contribution in [-0.2, 0) is 6.54 Å². The molecule has 2 heterocycles. The van der Waals surface area contributed by atoms with E-state index in [0.717, 1.165) is 22.8 Å². The second-order valence-electron chi connectivity index (χ2n) is 5.34. The molecular formula is C13H21Cl2N5. The van der Waals surface area contributed by atoms with Crippen molar-refractivity contribution < 1.29 is 0 Å². The van der Waals surface area contributed by atoms with Crippen molar-refractivity contribution in [1.82, 2.24) is 19.7 Å². The van der Waals surface area contributed by atoms with E-state index in [-0.39, 0.29) is 30.4 Å². The van der Waals surface area contributed by atoms with E-state index in [0.29, 0.717) is 6.54 Å². The number of rotatable bonds is 3. The van der Waals surface area contributed by atoms with E-state index in [1.807, 2.05) is 50.8 Å². The van der Waals surface area contributed by atoms with Crippen LogP contribution in [0.2, 0.25) is 0 Å². The zero-order valence-corrected chi connectivity index (χ0v) is 13.8. The van der Waals surface area contributed by atoms with Gasteiger partial charge in [-0.3, -0.25) is 4.68 Å². The van der Waals surface area contributed by atoms with Crippen molar-refractivity contribution in [2.45, 2.75) is 39.8 Å². The van der Waals surface area contributed by atoms with E-state index in [2.05, 4.69) is 15.1 Å². The molecule has 0 saturated carbocycles. The molecule has 0 aromatic carbocycles. The first kappa shape index (κ1) is 18.8. The average molecular weight is 318 g/mol. The second-order valence-corrected chi connectivity index (χ2v) is 5.34. The molecule has 20 heavy (non-hydrogen) atoms. The molecule has 0 fully saturated rings. The van der Waals surface area contributed by atoms with Gasteiger partial charge in [0.1, 0.15) is 5.82 Å². The van der Waals surface area contributed by atoms with Crippen molar-refractivity contribution in [3.05, 3.63) is 30.0 Å². The third kappa shape index (κ3) is 4.74. The average Bonchev–Trinajstić information content (AvgIpc) is 2.58. The molecule has 0 radical (unpaired) electrons. The summed E-state index contributed by atoms with van der Waals surface area (Å²) in [6.07, 6.45) is 3.64. The number of hydrogen-bond donors (Lipinski definition) is 1. The molecular weight excluding hydrogens is 297 g/mol. The highest BCUT2D eigenvalue weighted by Crippen LogP contribution is 2.20. The number of nitrogens with two attached hydrogens (primary N) is 1. The largest absolute Gasteiger partial charge is 0.324 e. The number of nitrogens with zero attached hydrogens (tertiary/aromatic N) is 4. The maximum absolute atomic E-state index is 6.06. The minimum Gasteiger partial charge on any atom is -0.324 e. The fourth-order valence-corrected chi connectivity index (χ4v) is 1.81. The monoisotopic (exact) mass is 317 g/mol. The standard InChI is InChI=1S/C13H19N5.2ClH/c1-9-5-12(11-6-15-10(2)16-7-11)18(17-9)8-13(3,4)14;;/h5-7H,8,14H2,1-4H3;2*1H. The first-order valence-electron chi connectivity index (χ1n) is 5.97. The fourth-order valence-electron chi connectivity index (χ4n) is 1.81. The van der Waals surface area contributed by atoms with Crippen LogP contribution in [0.15, 0.2) is 18.5 Å². The van der Waals surface area contributed by atoms with Crippen LogP contribution < -0.4 is 5.73 Å². The van der Waals surface area contributed by atoms with E-state index in [4.69, 9.17) is 5.73 Å². The lowest BCUT2D eigenvalue weighted by Crippen LogP contribution is -2.37. The highest BCUT2D eigenvalue weighted by molar-refractivity contribution is 5.85. The van der Waals surface area contributed by atoms with Crippen molar-refractivity contribution in [2.24, 2.45) is 5.73 Å². The molecule has 0 aliphatic heterocycles. The summed E-state index contributed by atoms with van der Waals surface area (Å²) in [6.45, 7) is 8.47. The van der Waals surface area contributed by atoms with Crippen LogP contribution in [0.1, 0.15) is 25.4 Å². The van der Waals surface area contributed by atoms with Crippen LogP contribution >= 0.6 is 24.8 Å². The van der Waals surface area contributed by atoms with Gasteiger partial charge < -0.3 is 5.73 Å². The van der Waals surface area contributed by atoms with Crippen LogP contribution in [0, 0.1) is 13.8 Å². The summed E-state index contributed by atoms with van der Waals surface area (Å²) in [5, 5.41) is 4.48. The Morgan fingerprint density at radius 2 is 1.70 bits per heavy atom. The van der Waals surface area contributed by atoms with Crippen LogP contribution in [-0.4, -0.2) is 25.3 Å². The molecule has 2 N–H and O–H groups in total. The lowest BCUT2D eigenvalue weighted by molar-refractivity contribution is 0.410. The predicted molar refractivity (Wildman–Crippen MR) is 85.5 cm³/mol. The maximum Gasteiger partial charge on any atom is 0.125 e. The minimum atomic E-state index is -0.307. The summed E-state index contributed by atoms with van der Waals surface area (Å²) in [5.74, 6) is 0.765. The summed E-state index contributed by atoms with van der Waals surface area (Å²) in [5.41, 5.74) is 8.69. The molecule has 2 aromatic rings. The third-order valence-corrected chi connectivity index (χ3v) is 2.54. The zero-order chi connectivity index (χ0) is 13.3. The van der Waals surface area contributed by atoms with Gasteiger partial charge in [-0.1, -0.05) is 0 Å². The molecule has 0 bridgehead atoms. The Labute approximate surface area is 131 Å². The van der Waals surface area contributed by atoms with Crippen LogP contribution in [0.5, 0.6) is 0 Å². The molecule has 0 aliphatic rings. The Bertz CT molecular complexity index is 543. The Morgan fingerprint density at radius 3 is 2.20 bits per heavy atom. The smallest absolute Gasteiger partial charge is 0.125 e. The molecule has 2 aromatic heterocycles. The van der Waals surface area contributed by atoms with Gasteiger partial charge in [-0.2, -0.15) is 5.10 Å². The van der Waals surface area contributed by atoms with Gasteiger partial charge in [0.2, 0.25) is 0 Å². The molecule has 112 valence electrons. The highest BCUT2D eigenvalue weighted by Gasteiger charge is 2.16. The normalized spacial score (nSPS) is 10.7. The Hall–Kier alpha value is -1.17. The summed E-state index contributed by atoms with van der Waals surface area (Å²) in [4.78, 5) is 8.44. The van der Waals surface area contributed by atoms with Gasteiger partial charge in [-0.15, -0.1) is 24.8 Å². The summed E-state index contributed by atoms with van der Waals surface area (Å²) in [6, 6.07) is 2.03. The Morgan fingerprint density at radius 1 is 1.15 bits per heavy atom. The summed E-state index contributed by atoms with van der Waals surface area (Å²) >= 11 is 0. The van der Waals surface area contributed by atoms with Crippen LogP contribution in [0.4, 0.5) is 0 Å². The van der Waals surface area contributed by atoms with Crippen LogP contribution in [0.25, 0.3) is 11.3 Å². The lowest BCUT2D eigenvalue weighted by atomic mass is 10.1. The van der Waals surface area contributed by atoms with E-state index in [1.165, 1.54) is 0 Å². The fraction of sp³-hybridized carbons (Fsp3) is 0.462. The van der Waals surface area contributed by atoms with Crippen molar-refractivity contribution in [3.63, 3.8) is 0 Å². The molecule has 7 heteroatoms. The Balaban J connectivity index is 0.00000180. The van der Waals surface area contributed by atoms with Gasteiger partial charge in [0, 0.05) is 23.5 Å². The molecule has 2 rings (SSSR count). The number of hydrogen-bond acceptors (Lipinski definition) is 4. The van der Waals surface area contributed by atoms with E-state index in [1.54, 1.807) is 0 Å². The van der Waals surface area contributed by atoms with E-state index >= 15 is 0 Å². The molecule has 0 saturated heterocycles. The summed E-state index contributed by atoms with van der Waals surface area (Å²) < 4.78 is 1.92. The molecule has 0 unspecified atom stereocenters. The van der Waals surface area contributed by atoms with E-state index < -0.39 is 0 Å². The first-order chi connectivity index (χ1) is 8.35. The predicted octanol–water partition coefficient (Wildman–Crippen LogP) is 2.54. The molecule has 0 atom stereocenters. The second kappa shape index (κ2) is 7.02. The van der Waals surface area contributed by atoms with Crippen molar-refractivity contribution in [1.29, 1.82) is 0 Å². The lowest BCUT2D eigenvalue weighted by Gasteiger charge is -2.19. The Kier molecular flexibility index (Phi) is 6.61. The summed E-state index contributed by atoms with van der Waals surface area (Å²) in [7, 11) is 0. The quantitative estimate of drug-likeness (QED) is 0.944. The minimum absolute atomic E-state index is 0. The van der Waals surface area contributed by atoms with Gasteiger partial charge in [-0.05, 0) is 33.8 Å². The van der Waals surface area contributed by atoms with Gasteiger partial charge >= 0.3 is 0 Å². The van der Waals surface area contributed by atoms with Crippen LogP contribution in [0.3, 0.4) is 0 Å². The van der Waals surface area contributed by atoms with Crippen molar-refractivity contribution in [3.8, 4) is 11.3 Å². The molecule has 0 aliphatic carbocycles. The topological polar surface area (TPSA) is 69.6 Å². The molecule has 5 nitrogen and oxygen atoms in total. The van der Waals surface area contributed by atoms with Crippen molar-refractivity contribution in [2.75, 3.05) is 0 Å². The first-order valence-corrected chi connectivity index (χ1v) is 5.97. The molecule has 0 amide bonds. The van der Waals surface area contributed by atoms with Gasteiger partial charge in [0.15, 0.2) is 0 Å². The van der Waals surface area contributed by atoms with Gasteiger partial charge in [0.05, 0.1) is 17.9 Å². The zero-order valence-electron chi connectivity index (χ0n) is 12.1. The highest BCUT2D eigenvalue weighted by atomic mass is 35.5. The van der Waals surface area contributed by atoms with Gasteiger partial charge in [0.25, 0.3) is 0 Å². The number of aromatic nitrogens is 4.